The monoisotopic (exact) mass is 355 g/mol. The maximum atomic E-state index is 12.8. The summed E-state index contributed by atoms with van der Waals surface area (Å²) in [6.45, 7) is 3.41. The molecule has 0 spiro atoms. The van der Waals surface area contributed by atoms with Crippen LogP contribution in [0.5, 0.6) is 0 Å². The highest BCUT2D eigenvalue weighted by atomic mass is 19.4. The molecule has 1 aromatic heterocycles. The molecule has 0 saturated heterocycles. The molecule has 8 heteroatoms. The van der Waals surface area contributed by atoms with E-state index in [1.807, 2.05) is 0 Å². The maximum Gasteiger partial charge on any atom is 0.416 e. The van der Waals surface area contributed by atoms with Gasteiger partial charge >= 0.3 is 12.1 Å². The summed E-state index contributed by atoms with van der Waals surface area (Å²) in [5, 5.41) is 11.3. The van der Waals surface area contributed by atoms with Gasteiger partial charge in [0.05, 0.1) is 5.56 Å². The highest BCUT2D eigenvalue weighted by Gasteiger charge is 2.32. The average Bonchev–Trinajstić information content (AvgIpc) is 3.02. The number of halogens is 3. The molecule has 2 rings (SSSR count). The summed E-state index contributed by atoms with van der Waals surface area (Å²) < 4.78 is 43.4. The first-order valence-corrected chi connectivity index (χ1v) is 7.30. The number of hydrogen-bond donors (Lipinski definition) is 2. The lowest BCUT2D eigenvalue weighted by molar-refractivity contribution is -0.137. The molecule has 0 atom stereocenters. The Balaban J connectivity index is 2.10. The van der Waals surface area contributed by atoms with Gasteiger partial charge < -0.3 is 14.8 Å². The number of amides is 1. The van der Waals surface area contributed by atoms with Crippen LogP contribution in [0, 0.1) is 0 Å². The van der Waals surface area contributed by atoms with E-state index < -0.39 is 29.0 Å². The number of carboxylic acid groups (broad SMARTS) is 1. The van der Waals surface area contributed by atoms with E-state index in [9.17, 15) is 22.8 Å². The van der Waals surface area contributed by atoms with Gasteiger partial charge in [-0.1, -0.05) is 32.0 Å². The summed E-state index contributed by atoms with van der Waals surface area (Å²) in [4.78, 5) is 22.7. The van der Waals surface area contributed by atoms with Crippen molar-refractivity contribution in [1.29, 1.82) is 0 Å². The fourth-order valence-electron chi connectivity index (χ4n) is 2.18. The minimum Gasteiger partial charge on any atom is -0.475 e. The molecule has 0 saturated carbocycles. The van der Waals surface area contributed by atoms with Crippen molar-refractivity contribution in [3.05, 3.63) is 59.0 Å². The fourth-order valence-corrected chi connectivity index (χ4v) is 2.18. The second-order valence-electron chi connectivity index (χ2n) is 6.11. The van der Waals surface area contributed by atoms with Gasteiger partial charge in [-0.15, -0.1) is 0 Å². The van der Waals surface area contributed by atoms with E-state index in [-0.39, 0.29) is 18.1 Å². The van der Waals surface area contributed by atoms with Crippen LogP contribution in [0.4, 0.5) is 13.2 Å². The van der Waals surface area contributed by atoms with Gasteiger partial charge in [0.1, 0.15) is 0 Å². The molecule has 0 aliphatic heterocycles. The maximum absolute atomic E-state index is 12.8. The van der Waals surface area contributed by atoms with E-state index in [1.54, 1.807) is 19.9 Å². The van der Waals surface area contributed by atoms with Crippen LogP contribution in [0.15, 0.2) is 40.8 Å². The van der Waals surface area contributed by atoms with Gasteiger partial charge in [0, 0.05) is 12.0 Å². The molecule has 0 bridgehead atoms. The van der Waals surface area contributed by atoms with Gasteiger partial charge in [-0.05, 0) is 23.8 Å². The Morgan fingerprint density at radius 2 is 1.68 bits per heavy atom. The first-order valence-electron chi connectivity index (χ1n) is 7.30. The third-order valence-corrected chi connectivity index (χ3v) is 3.70. The first-order chi connectivity index (χ1) is 11.5. The molecule has 0 unspecified atom stereocenters. The SMILES string of the molecule is CC(C)(CNC(=O)c1ccc(C(=O)O)o1)c1cccc(C(F)(F)F)c1. The number of carbonyl (C=O) groups excluding carboxylic acids is 1. The number of rotatable bonds is 5. The summed E-state index contributed by atoms with van der Waals surface area (Å²) in [5.41, 5.74) is -1.13. The normalized spacial score (nSPS) is 12.0. The van der Waals surface area contributed by atoms with Crippen molar-refractivity contribution in [2.24, 2.45) is 0 Å². The second kappa shape index (κ2) is 6.62. The number of alkyl halides is 3. The predicted molar refractivity (Wildman–Crippen MR) is 82.5 cm³/mol. The molecule has 1 heterocycles. The van der Waals surface area contributed by atoms with Crippen LogP contribution in [0.1, 0.15) is 46.1 Å². The van der Waals surface area contributed by atoms with Crippen LogP contribution in [0.2, 0.25) is 0 Å². The number of benzene rings is 1. The predicted octanol–water partition coefficient (Wildman–Crippen LogP) is 3.70. The summed E-state index contributed by atoms with van der Waals surface area (Å²) in [6.07, 6.45) is -4.45. The van der Waals surface area contributed by atoms with Crippen molar-refractivity contribution in [3.63, 3.8) is 0 Å². The largest absolute Gasteiger partial charge is 0.475 e. The zero-order chi connectivity index (χ0) is 18.8. The minimum absolute atomic E-state index is 0.0379. The molecule has 0 aliphatic carbocycles. The Kier molecular flexibility index (Phi) is 4.92. The van der Waals surface area contributed by atoms with Gasteiger partial charge in [-0.3, -0.25) is 4.79 Å². The highest BCUT2D eigenvalue weighted by molar-refractivity contribution is 5.93. The van der Waals surface area contributed by atoms with Crippen LogP contribution < -0.4 is 5.32 Å². The minimum atomic E-state index is -4.45. The Morgan fingerprint density at radius 3 is 2.24 bits per heavy atom. The molecule has 0 aliphatic rings. The molecular weight excluding hydrogens is 339 g/mol. The lowest BCUT2D eigenvalue weighted by atomic mass is 9.83. The standard InChI is InChI=1S/C17H16F3NO4/c1-16(2,10-4-3-5-11(8-10)17(18,19)20)9-21-14(22)12-6-7-13(25-12)15(23)24/h3-8H,9H2,1-2H3,(H,21,22)(H,23,24). The molecule has 0 fully saturated rings. The summed E-state index contributed by atoms with van der Waals surface area (Å²) in [6, 6.07) is 7.26. The second-order valence-corrected chi connectivity index (χ2v) is 6.11. The Labute approximate surface area is 141 Å². The van der Waals surface area contributed by atoms with E-state index in [0.717, 1.165) is 18.2 Å². The third kappa shape index (κ3) is 4.40. The van der Waals surface area contributed by atoms with E-state index in [0.29, 0.717) is 5.56 Å². The third-order valence-electron chi connectivity index (χ3n) is 3.70. The zero-order valence-electron chi connectivity index (χ0n) is 13.5. The average molecular weight is 355 g/mol. The smallest absolute Gasteiger partial charge is 0.416 e. The molecule has 2 N–H and O–H groups in total. The molecule has 1 amide bonds. The van der Waals surface area contributed by atoms with Gasteiger partial charge in [-0.2, -0.15) is 13.2 Å². The number of carbonyl (C=O) groups is 2. The molecule has 1 aromatic carbocycles. The van der Waals surface area contributed by atoms with Gasteiger partial charge in [0.25, 0.3) is 5.91 Å². The Hall–Kier alpha value is -2.77. The highest BCUT2D eigenvalue weighted by Crippen LogP contribution is 2.32. The van der Waals surface area contributed by atoms with Crippen molar-refractivity contribution in [3.8, 4) is 0 Å². The number of carboxylic acids is 1. The molecular formula is C17H16F3NO4. The zero-order valence-corrected chi connectivity index (χ0v) is 13.5. The van der Waals surface area contributed by atoms with Crippen molar-refractivity contribution in [2.45, 2.75) is 25.4 Å². The number of aromatic carboxylic acids is 1. The summed E-state index contributed by atoms with van der Waals surface area (Å²) >= 11 is 0. The molecule has 5 nitrogen and oxygen atoms in total. The van der Waals surface area contributed by atoms with Crippen LogP contribution in [0.3, 0.4) is 0 Å². The molecule has 2 aromatic rings. The van der Waals surface area contributed by atoms with Crippen molar-refractivity contribution in [2.75, 3.05) is 6.54 Å². The van der Waals surface area contributed by atoms with Crippen molar-refractivity contribution >= 4 is 11.9 Å². The molecule has 0 radical (unpaired) electrons. The van der Waals surface area contributed by atoms with E-state index in [4.69, 9.17) is 9.52 Å². The number of furan rings is 1. The van der Waals surface area contributed by atoms with Gasteiger partial charge in [0.2, 0.25) is 5.76 Å². The fraction of sp³-hybridized carbons (Fsp3) is 0.294. The Bertz CT molecular complexity index is 793. The number of hydrogen-bond acceptors (Lipinski definition) is 3. The summed E-state index contributed by atoms with van der Waals surface area (Å²) in [5.74, 6) is -2.50. The van der Waals surface area contributed by atoms with Gasteiger partial charge in [0.15, 0.2) is 5.76 Å². The lowest BCUT2D eigenvalue weighted by Gasteiger charge is -2.26. The van der Waals surface area contributed by atoms with Crippen LogP contribution in [-0.4, -0.2) is 23.5 Å². The van der Waals surface area contributed by atoms with E-state index in [2.05, 4.69) is 5.32 Å². The van der Waals surface area contributed by atoms with Crippen molar-refractivity contribution in [1.82, 2.24) is 5.32 Å². The molecule has 25 heavy (non-hydrogen) atoms. The van der Waals surface area contributed by atoms with E-state index in [1.165, 1.54) is 12.1 Å². The number of nitrogens with one attached hydrogen (secondary N) is 1. The first kappa shape index (κ1) is 18.6. The Morgan fingerprint density at radius 1 is 1.08 bits per heavy atom. The van der Waals surface area contributed by atoms with Crippen LogP contribution in [0.25, 0.3) is 0 Å². The molecule has 134 valence electrons. The van der Waals surface area contributed by atoms with Crippen LogP contribution >= 0.6 is 0 Å². The summed E-state index contributed by atoms with van der Waals surface area (Å²) in [7, 11) is 0. The van der Waals surface area contributed by atoms with Gasteiger partial charge in [-0.25, -0.2) is 4.79 Å². The lowest BCUT2D eigenvalue weighted by Crippen LogP contribution is -2.36. The quantitative estimate of drug-likeness (QED) is 0.857. The van der Waals surface area contributed by atoms with Crippen molar-refractivity contribution < 1.29 is 32.3 Å². The topological polar surface area (TPSA) is 79.5 Å². The van der Waals surface area contributed by atoms with Crippen LogP contribution in [-0.2, 0) is 11.6 Å². The van der Waals surface area contributed by atoms with E-state index >= 15 is 0 Å².